The van der Waals surface area contributed by atoms with Crippen molar-refractivity contribution < 1.29 is 33.3 Å². The number of carbonyl (C=O) groups excluding carboxylic acids is 2. The number of benzene rings is 3. The number of amides is 1. The van der Waals surface area contributed by atoms with Crippen molar-refractivity contribution in [3.05, 3.63) is 88.2 Å². The molecule has 0 bridgehead atoms. The predicted molar refractivity (Wildman–Crippen MR) is 122 cm³/mol. The number of fused-ring (bicyclic) bond motifs is 1. The van der Waals surface area contributed by atoms with Gasteiger partial charge in [-0.3, -0.25) is 14.5 Å². The van der Waals surface area contributed by atoms with Crippen molar-refractivity contribution in [2.45, 2.75) is 6.04 Å². The van der Waals surface area contributed by atoms with Crippen molar-refractivity contribution in [2.24, 2.45) is 0 Å². The number of ether oxygens (including phenoxy) is 3. The molecule has 2 aliphatic rings. The predicted octanol–water partition coefficient (Wildman–Crippen LogP) is 4.84. The molecule has 0 radical (unpaired) electrons. The van der Waals surface area contributed by atoms with E-state index in [1.807, 2.05) is 0 Å². The number of anilines is 1. The SMILES string of the molecule is COc1ccccc1C1/C(=C(\O)c2ccc3c(c2)OCO3)C(=O)C(=O)N1c1ccc(F)c(Cl)c1. The number of aliphatic hydroxyl groups is 1. The first-order valence-electron chi connectivity index (χ1n) is 10.2. The van der Waals surface area contributed by atoms with Crippen molar-refractivity contribution in [1.82, 2.24) is 0 Å². The topological polar surface area (TPSA) is 85.3 Å². The number of aliphatic hydroxyl groups excluding tert-OH is 1. The number of rotatable bonds is 4. The van der Waals surface area contributed by atoms with Gasteiger partial charge in [0.2, 0.25) is 6.79 Å². The minimum absolute atomic E-state index is 0.0382. The van der Waals surface area contributed by atoms with Crippen LogP contribution in [0.25, 0.3) is 5.76 Å². The summed E-state index contributed by atoms with van der Waals surface area (Å²) in [6, 6.07) is 14.1. The van der Waals surface area contributed by atoms with Crippen LogP contribution >= 0.6 is 11.6 Å². The fourth-order valence-corrected chi connectivity index (χ4v) is 4.29. The number of halogens is 2. The summed E-state index contributed by atoms with van der Waals surface area (Å²) in [7, 11) is 1.46. The molecule has 1 fully saturated rings. The molecule has 0 saturated carbocycles. The highest BCUT2D eigenvalue weighted by atomic mass is 35.5. The van der Waals surface area contributed by atoms with Gasteiger partial charge in [0.15, 0.2) is 11.5 Å². The quantitative estimate of drug-likeness (QED) is 0.326. The highest BCUT2D eigenvalue weighted by molar-refractivity contribution is 6.52. The van der Waals surface area contributed by atoms with Crippen LogP contribution in [0, 0.1) is 5.82 Å². The third-order valence-corrected chi connectivity index (χ3v) is 5.99. The van der Waals surface area contributed by atoms with Gasteiger partial charge >= 0.3 is 0 Å². The number of hydrogen-bond donors (Lipinski definition) is 1. The van der Waals surface area contributed by atoms with Crippen LogP contribution in [0.15, 0.2) is 66.2 Å². The number of para-hydroxylation sites is 1. The Labute approximate surface area is 198 Å². The standard InChI is InChI=1S/C25H17ClFNO6/c1-32-18-5-3-2-4-15(18)22-21(23(29)13-6-9-19-20(10-13)34-12-33-19)24(30)25(31)28(22)14-7-8-17(27)16(26)11-14/h2-11,22,29H,12H2,1H3/b23-21+. The zero-order valence-corrected chi connectivity index (χ0v) is 18.5. The average Bonchev–Trinajstić information content (AvgIpc) is 3.42. The summed E-state index contributed by atoms with van der Waals surface area (Å²) in [6.07, 6.45) is 0. The average molecular weight is 482 g/mol. The molecule has 7 nitrogen and oxygen atoms in total. The second-order valence-electron chi connectivity index (χ2n) is 7.58. The van der Waals surface area contributed by atoms with Crippen molar-refractivity contribution in [2.75, 3.05) is 18.8 Å². The number of methoxy groups -OCH3 is 1. The number of ketones is 1. The summed E-state index contributed by atoms with van der Waals surface area (Å²) in [6.45, 7) is 0.0382. The Morgan fingerprint density at radius 1 is 1.09 bits per heavy atom. The van der Waals surface area contributed by atoms with E-state index < -0.39 is 29.3 Å². The summed E-state index contributed by atoms with van der Waals surface area (Å²) < 4.78 is 30.0. The van der Waals surface area contributed by atoms with Crippen molar-refractivity contribution in [3.63, 3.8) is 0 Å². The molecule has 5 rings (SSSR count). The Hall–Kier alpha value is -4.04. The van der Waals surface area contributed by atoms with E-state index in [1.165, 1.54) is 30.2 Å². The number of hydrogen-bond acceptors (Lipinski definition) is 6. The third kappa shape index (κ3) is 3.43. The Morgan fingerprint density at radius 3 is 2.62 bits per heavy atom. The number of nitrogens with zero attached hydrogens (tertiary/aromatic N) is 1. The Balaban J connectivity index is 1.74. The van der Waals surface area contributed by atoms with Crippen molar-refractivity contribution in [1.29, 1.82) is 0 Å². The van der Waals surface area contributed by atoms with Crippen LogP contribution in [-0.2, 0) is 9.59 Å². The summed E-state index contributed by atoms with van der Waals surface area (Å²) in [4.78, 5) is 27.7. The van der Waals surface area contributed by atoms with Gasteiger partial charge in [0, 0.05) is 16.8 Å². The molecule has 1 saturated heterocycles. The highest BCUT2D eigenvalue weighted by Gasteiger charge is 2.48. The number of carbonyl (C=O) groups is 2. The van der Waals surface area contributed by atoms with Crippen LogP contribution in [0.4, 0.5) is 10.1 Å². The molecule has 9 heteroatoms. The lowest BCUT2D eigenvalue weighted by Crippen LogP contribution is -2.29. The Kier molecular flexibility index (Phi) is 5.37. The van der Waals surface area contributed by atoms with E-state index in [9.17, 15) is 19.1 Å². The minimum Gasteiger partial charge on any atom is -0.507 e. The third-order valence-electron chi connectivity index (χ3n) is 5.71. The molecule has 3 aromatic rings. The van der Waals surface area contributed by atoms with Crippen LogP contribution in [0.1, 0.15) is 17.2 Å². The first kappa shape index (κ1) is 21.8. The lowest BCUT2D eigenvalue weighted by Gasteiger charge is -2.26. The van der Waals surface area contributed by atoms with Gasteiger partial charge in [-0.25, -0.2) is 4.39 Å². The van der Waals surface area contributed by atoms with E-state index in [0.29, 0.717) is 22.8 Å². The first-order chi connectivity index (χ1) is 16.4. The summed E-state index contributed by atoms with van der Waals surface area (Å²) in [5.41, 5.74) is 0.745. The van der Waals surface area contributed by atoms with Crippen molar-refractivity contribution >= 4 is 34.7 Å². The Bertz CT molecular complexity index is 1370. The van der Waals surface area contributed by atoms with E-state index >= 15 is 0 Å². The zero-order chi connectivity index (χ0) is 24.0. The molecule has 1 unspecified atom stereocenters. The summed E-state index contributed by atoms with van der Waals surface area (Å²) in [5.74, 6) is -1.59. The van der Waals surface area contributed by atoms with E-state index in [2.05, 4.69) is 0 Å². The number of Topliss-reactive ketones (excluding diaryl/α,β-unsaturated/α-hetero) is 1. The van der Waals surface area contributed by atoms with E-state index in [4.69, 9.17) is 25.8 Å². The molecular formula is C25H17ClFNO6. The maximum atomic E-state index is 13.8. The van der Waals surface area contributed by atoms with E-state index in [0.717, 1.165) is 6.07 Å². The van der Waals surface area contributed by atoms with Gasteiger partial charge in [0.05, 0.1) is 23.7 Å². The van der Waals surface area contributed by atoms with Crippen LogP contribution < -0.4 is 19.1 Å². The monoisotopic (exact) mass is 481 g/mol. The summed E-state index contributed by atoms with van der Waals surface area (Å²) in [5, 5.41) is 11.0. The van der Waals surface area contributed by atoms with Crippen molar-refractivity contribution in [3.8, 4) is 17.2 Å². The van der Waals surface area contributed by atoms with Crippen LogP contribution in [0.3, 0.4) is 0 Å². The smallest absolute Gasteiger partial charge is 0.300 e. The van der Waals surface area contributed by atoms with Crippen LogP contribution in [-0.4, -0.2) is 30.7 Å². The maximum absolute atomic E-state index is 13.8. The first-order valence-corrected chi connectivity index (χ1v) is 10.6. The van der Waals surface area contributed by atoms with E-state index in [1.54, 1.807) is 36.4 Å². The summed E-state index contributed by atoms with van der Waals surface area (Å²) >= 11 is 5.97. The van der Waals surface area contributed by atoms with Gasteiger partial charge in [0.25, 0.3) is 11.7 Å². The highest BCUT2D eigenvalue weighted by Crippen LogP contribution is 2.46. The molecule has 2 aliphatic heterocycles. The maximum Gasteiger partial charge on any atom is 0.300 e. The van der Waals surface area contributed by atoms with Gasteiger partial charge in [-0.05, 0) is 42.5 Å². The van der Waals surface area contributed by atoms with Gasteiger partial charge in [-0.2, -0.15) is 0 Å². The van der Waals surface area contributed by atoms with Crippen LogP contribution in [0.5, 0.6) is 17.2 Å². The van der Waals surface area contributed by atoms with Gasteiger partial charge in [-0.15, -0.1) is 0 Å². The molecule has 0 aromatic heterocycles. The lowest BCUT2D eigenvalue weighted by atomic mass is 9.94. The normalized spacial score (nSPS) is 18.4. The van der Waals surface area contributed by atoms with Crippen LogP contribution in [0.2, 0.25) is 5.02 Å². The molecule has 34 heavy (non-hydrogen) atoms. The van der Waals surface area contributed by atoms with Gasteiger partial charge in [-0.1, -0.05) is 29.8 Å². The fourth-order valence-electron chi connectivity index (χ4n) is 4.12. The minimum atomic E-state index is -1.07. The Morgan fingerprint density at radius 2 is 1.85 bits per heavy atom. The molecular weight excluding hydrogens is 465 g/mol. The largest absolute Gasteiger partial charge is 0.507 e. The second kappa shape index (κ2) is 8.39. The molecule has 3 aromatic carbocycles. The van der Waals surface area contributed by atoms with Gasteiger partial charge < -0.3 is 19.3 Å². The lowest BCUT2D eigenvalue weighted by molar-refractivity contribution is -0.132. The second-order valence-corrected chi connectivity index (χ2v) is 7.98. The molecule has 2 heterocycles. The fraction of sp³-hybridized carbons (Fsp3) is 0.120. The molecule has 1 amide bonds. The zero-order valence-electron chi connectivity index (χ0n) is 17.7. The molecule has 0 spiro atoms. The van der Waals surface area contributed by atoms with Gasteiger partial charge in [0.1, 0.15) is 17.3 Å². The molecule has 1 N–H and O–H groups in total. The molecule has 172 valence electrons. The van der Waals surface area contributed by atoms with E-state index in [-0.39, 0.29) is 28.6 Å². The molecule has 0 aliphatic carbocycles. The molecule has 1 atom stereocenters.